The average molecular weight is 573 g/mol. The summed E-state index contributed by atoms with van der Waals surface area (Å²) in [5.74, 6) is 0.977. The quantitative estimate of drug-likeness (QED) is 0.297. The third kappa shape index (κ3) is 9.50. The van der Waals surface area contributed by atoms with E-state index in [1.54, 1.807) is 12.1 Å². The van der Waals surface area contributed by atoms with E-state index in [0.29, 0.717) is 6.04 Å². The molecule has 3 aromatic rings. The normalized spacial score (nSPS) is 16.2. The van der Waals surface area contributed by atoms with Gasteiger partial charge in [0, 0.05) is 45.0 Å². The number of anilines is 1. The van der Waals surface area contributed by atoms with Crippen LogP contribution in [0.2, 0.25) is 0 Å². The molecule has 3 heterocycles. The van der Waals surface area contributed by atoms with Gasteiger partial charge in [-0.3, -0.25) is 9.80 Å². The van der Waals surface area contributed by atoms with Crippen LogP contribution in [0.15, 0.2) is 61.3 Å². The topological polar surface area (TPSA) is 22.6 Å². The number of benzene rings is 2. The fraction of sp³-hybridized carbons (Fsp3) is 0.486. The van der Waals surface area contributed by atoms with Crippen LogP contribution in [0.1, 0.15) is 73.9 Å². The minimum atomic E-state index is -0.142. The Kier molecular flexibility index (Phi) is 13.2. The zero-order chi connectivity index (χ0) is 30.6. The Hall–Kier alpha value is -3.02. The van der Waals surface area contributed by atoms with E-state index < -0.39 is 0 Å². The molecule has 1 aromatic heterocycles. The largest absolute Gasteiger partial charge is 0.354 e. The third-order valence-corrected chi connectivity index (χ3v) is 8.42. The Morgan fingerprint density at radius 3 is 2.14 bits per heavy atom. The molecule has 42 heavy (non-hydrogen) atoms. The average Bonchev–Trinajstić information content (AvgIpc) is 3.00. The van der Waals surface area contributed by atoms with E-state index in [-0.39, 0.29) is 5.82 Å². The maximum absolute atomic E-state index is 13.4. The highest BCUT2D eigenvalue weighted by Crippen LogP contribution is 2.25. The number of hydrogen-bond acceptors (Lipinski definition) is 4. The molecular weight excluding hydrogens is 519 g/mol. The van der Waals surface area contributed by atoms with Gasteiger partial charge in [0.2, 0.25) is 0 Å². The second kappa shape index (κ2) is 16.6. The number of likely N-dealkylation sites (tertiary alicyclic amines) is 1. The minimum absolute atomic E-state index is 0.142. The molecule has 2 fully saturated rings. The molecule has 0 spiro atoms. The molecule has 0 amide bonds. The summed E-state index contributed by atoms with van der Waals surface area (Å²) in [5.41, 5.74) is 8.51. The number of piperazine rings is 1. The molecule has 0 radical (unpaired) electrons. The predicted octanol–water partition coefficient (Wildman–Crippen LogP) is 8.24. The molecule has 5 heteroatoms. The fourth-order valence-corrected chi connectivity index (χ4v) is 5.88. The first-order valence-electron chi connectivity index (χ1n) is 15.9. The van der Waals surface area contributed by atoms with Crippen molar-refractivity contribution in [3.05, 3.63) is 101 Å². The van der Waals surface area contributed by atoms with Gasteiger partial charge in [0.1, 0.15) is 11.6 Å². The van der Waals surface area contributed by atoms with Gasteiger partial charge in [0.25, 0.3) is 0 Å². The Labute approximate surface area is 255 Å². The third-order valence-electron chi connectivity index (χ3n) is 8.42. The number of halogens is 1. The second-order valence-electron chi connectivity index (χ2n) is 11.6. The summed E-state index contributed by atoms with van der Waals surface area (Å²) in [7, 11) is 0. The first-order valence-corrected chi connectivity index (χ1v) is 15.9. The summed E-state index contributed by atoms with van der Waals surface area (Å²) in [6.45, 7) is 26.0. The zero-order valence-corrected chi connectivity index (χ0v) is 27.2. The number of allylic oxidation sites excluding steroid dienone is 1. The van der Waals surface area contributed by atoms with Gasteiger partial charge in [-0.05, 0) is 112 Å². The Balaban J connectivity index is 0.000000373. The van der Waals surface area contributed by atoms with Crippen molar-refractivity contribution in [1.82, 2.24) is 14.8 Å². The summed E-state index contributed by atoms with van der Waals surface area (Å²) in [4.78, 5) is 12.4. The molecule has 2 aliphatic heterocycles. The molecule has 0 bridgehead atoms. The number of pyridine rings is 1. The van der Waals surface area contributed by atoms with E-state index in [1.807, 2.05) is 40.0 Å². The summed E-state index contributed by atoms with van der Waals surface area (Å²) >= 11 is 0. The predicted molar refractivity (Wildman–Crippen MR) is 179 cm³/mol. The van der Waals surface area contributed by atoms with Crippen LogP contribution >= 0.6 is 0 Å². The van der Waals surface area contributed by atoms with Crippen LogP contribution in [0.4, 0.5) is 10.2 Å². The number of nitrogens with zero attached hydrogens (tertiary/aromatic N) is 4. The summed E-state index contributed by atoms with van der Waals surface area (Å²) in [6.07, 6.45) is 5.52. The van der Waals surface area contributed by atoms with Crippen molar-refractivity contribution < 1.29 is 4.39 Å². The summed E-state index contributed by atoms with van der Waals surface area (Å²) in [5, 5.41) is 0. The molecule has 228 valence electrons. The molecule has 2 aromatic carbocycles. The Morgan fingerprint density at radius 1 is 0.905 bits per heavy atom. The molecule has 0 saturated carbocycles. The van der Waals surface area contributed by atoms with E-state index in [1.165, 1.54) is 35.1 Å². The number of hydrogen-bond donors (Lipinski definition) is 0. The fourth-order valence-electron chi connectivity index (χ4n) is 5.88. The Bertz CT molecular complexity index is 1270. The second-order valence-corrected chi connectivity index (χ2v) is 11.6. The van der Waals surface area contributed by atoms with E-state index in [9.17, 15) is 4.39 Å². The molecule has 0 unspecified atom stereocenters. The van der Waals surface area contributed by atoms with E-state index in [4.69, 9.17) is 4.98 Å². The Morgan fingerprint density at radius 2 is 1.60 bits per heavy atom. The van der Waals surface area contributed by atoms with Gasteiger partial charge in [-0.1, -0.05) is 63.2 Å². The van der Waals surface area contributed by atoms with Crippen molar-refractivity contribution in [1.29, 1.82) is 0 Å². The van der Waals surface area contributed by atoms with Crippen LogP contribution in [-0.4, -0.2) is 60.1 Å². The number of aryl methyl sites for hydroxylation is 4. The number of piperidine rings is 1. The van der Waals surface area contributed by atoms with Crippen LogP contribution in [0.3, 0.4) is 0 Å². The molecule has 2 aliphatic rings. The highest BCUT2D eigenvalue weighted by Gasteiger charge is 2.28. The first kappa shape index (κ1) is 33.5. The zero-order valence-electron chi connectivity index (χ0n) is 27.2. The van der Waals surface area contributed by atoms with Gasteiger partial charge in [-0.2, -0.15) is 0 Å². The van der Waals surface area contributed by atoms with Crippen molar-refractivity contribution in [2.45, 2.75) is 80.3 Å². The van der Waals surface area contributed by atoms with Crippen molar-refractivity contribution in [2.75, 3.05) is 44.2 Å². The highest BCUT2D eigenvalue weighted by molar-refractivity contribution is 5.63. The highest BCUT2D eigenvalue weighted by atomic mass is 19.1. The summed E-state index contributed by atoms with van der Waals surface area (Å²) < 4.78 is 13.4. The van der Waals surface area contributed by atoms with Gasteiger partial charge in [-0.25, -0.2) is 9.37 Å². The van der Waals surface area contributed by atoms with Gasteiger partial charge >= 0.3 is 0 Å². The minimum Gasteiger partial charge on any atom is -0.354 e. The van der Waals surface area contributed by atoms with Gasteiger partial charge in [0.15, 0.2) is 0 Å². The molecular formula is C37H53FN4. The van der Waals surface area contributed by atoms with Crippen molar-refractivity contribution in [2.24, 2.45) is 0 Å². The lowest BCUT2D eigenvalue weighted by Crippen LogP contribution is -2.53. The monoisotopic (exact) mass is 572 g/mol. The SMILES string of the molecule is C=C(C)c1cnc(N2CCN(C3CCN(Cc4ccc(F)cc4C)CC3)CC2)c(C)c1.CC.CCc1cccc(C)c1. The molecule has 4 nitrogen and oxygen atoms in total. The van der Waals surface area contributed by atoms with Crippen LogP contribution in [0, 0.1) is 26.6 Å². The van der Waals surface area contributed by atoms with Gasteiger partial charge in [0.05, 0.1) is 0 Å². The lowest BCUT2D eigenvalue weighted by molar-refractivity contribution is 0.0996. The van der Waals surface area contributed by atoms with E-state index in [2.05, 4.69) is 72.4 Å². The van der Waals surface area contributed by atoms with Crippen LogP contribution < -0.4 is 4.90 Å². The van der Waals surface area contributed by atoms with Gasteiger partial charge < -0.3 is 4.90 Å². The smallest absolute Gasteiger partial charge is 0.131 e. The molecule has 0 atom stereocenters. The maximum atomic E-state index is 13.4. The van der Waals surface area contributed by atoms with E-state index >= 15 is 0 Å². The molecule has 0 N–H and O–H groups in total. The van der Waals surface area contributed by atoms with Gasteiger partial charge in [-0.15, -0.1) is 0 Å². The molecule has 5 rings (SSSR count). The van der Waals surface area contributed by atoms with Crippen LogP contribution in [-0.2, 0) is 13.0 Å². The molecule has 0 aliphatic carbocycles. The maximum Gasteiger partial charge on any atom is 0.131 e. The molecule has 2 saturated heterocycles. The van der Waals surface area contributed by atoms with E-state index in [0.717, 1.165) is 74.8 Å². The lowest BCUT2D eigenvalue weighted by atomic mass is 10.0. The van der Waals surface area contributed by atoms with Crippen LogP contribution in [0.25, 0.3) is 5.57 Å². The van der Waals surface area contributed by atoms with Crippen LogP contribution in [0.5, 0.6) is 0 Å². The summed E-state index contributed by atoms with van der Waals surface area (Å²) in [6, 6.07) is 16.7. The number of rotatable bonds is 6. The van der Waals surface area contributed by atoms with Crippen molar-refractivity contribution in [3.63, 3.8) is 0 Å². The standard InChI is InChI=1S/C26H35FN4.C9H12.C2H6/c1-19(2)23-15-21(4)26(28-17-23)31-13-11-30(12-14-31)25-7-9-29(10-8-25)18-22-5-6-24(27)16-20(22)3;1-3-9-6-4-5-8(2)7-9;1-2/h5-6,15-17,25H,1,7-14,18H2,2-4H3;4-7H,3H2,1-2H3;1-2H3. The van der Waals surface area contributed by atoms with Crippen molar-refractivity contribution >= 4 is 11.4 Å². The first-order chi connectivity index (χ1) is 20.2. The van der Waals surface area contributed by atoms with Crippen molar-refractivity contribution in [3.8, 4) is 0 Å². The number of aromatic nitrogens is 1. The lowest BCUT2D eigenvalue weighted by Gasteiger charge is -2.43.